The van der Waals surface area contributed by atoms with Crippen molar-refractivity contribution in [2.24, 2.45) is 35.3 Å². The van der Waals surface area contributed by atoms with Crippen LogP contribution in [0.25, 0.3) is 0 Å². The largest absolute Gasteiger partial charge is 0.481 e. The van der Waals surface area contributed by atoms with Crippen LogP contribution in [0.15, 0.2) is 29.2 Å². The number of hydrogen-bond donors (Lipinski definition) is 3. The summed E-state index contributed by atoms with van der Waals surface area (Å²) in [5.74, 6) is -3.63. The number of nitrogens with zero attached hydrogens (tertiary/aromatic N) is 1. The maximum absolute atomic E-state index is 13.2. The average molecular weight is 682 g/mol. The Labute approximate surface area is 283 Å². The predicted octanol–water partition coefficient (Wildman–Crippen LogP) is 6.43. The minimum absolute atomic E-state index is 0.0380. The molecule has 1 amide bonds. The lowest BCUT2D eigenvalue weighted by Crippen LogP contribution is -2.43. The summed E-state index contributed by atoms with van der Waals surface area (Å²) >= 11 is 0. The minimum atomic E-state index is -4.37. The third kappa shape index (κ3) is 13.9. The van der Waals surface area contributed by atoms with E-state index in [9.17, 15) is 32.5 Å². The number of benzene rings is 1. The summed E-state index contributed by atoms with van der Waals surface area (Å²) in [6, 6.07) is 6.03. The smallest absolute Gasteiger partial charge is 0.308 e. The Morgan fingerprint density at radius 3 is 2.19 bits per heavy atom. The van der Waals surface area contributed by atoms with Gasteiger partial charge in [0.05, 0.1) is 37.4 Å². The average Bonchev–Trinajstić information content (AvgIpc) is 3.45. The first kappa shape index (κ1) is 40.7. The zero-order valence-electron chi connectivity index (χ0n) is 29.4. The van der Waals surface area contributed by atoms with Crippen LogP contribution in [-0.4, -0.2) is 74.2 Å². The molecule has 6 atom stereocenters. The van der Waals surface area contributed by atoms with E-state index in [1.54, 1.807) is 12.1 Å². The number of rotatable bonds is 23. The van der Waals surface area contributed by atoms with E-state index in [2.05, 4.69) is 21.0 Å². The first-order chi connectivity index (χ1) is 22.1. The molecule has 2 rings (SSSR count). The number of amides is 1. The monoisotopic (exact) mass is 681 g/mol. The van der Waals surface area contributed by atoms with E-state index in [4.69, 9.17) is 10.5 Å². The molecule has 10 nitrogen and oxygen atoms in total. The lowest BCUT2D eigenvalue weighted by atomic mass is 9.73. The van der Waals surface area contributed by atoms with Gasteiger partial charge in [-0.3, -0.25) is 18.9 Å². The summed E-state index contributed by atoms with van der Waals surface area (Å²) in [4.78, 5) is 37.4. The molecule has 0 radical (unpaired) electrons. The minimum Gasteiger partial charge on any atom is -0.481 e. The van der Waals surface area contributed by atoms with E-state index >= 15 is 0 Å². The van der Waals surface area contributed by atoms with Crippen molar-refractivity contribution in [3.8, 4) is 0 Å². The number of primary amides is 1. The Balaban J connectivity index is 2.14. The van der Waals surface area contributed by atoms with Crippen LogP contribution in [0.4, 0.5) is 0 Å². The molecular formula is C36H61N2O8S+. The van der Waals surface area contributed by atoms with Crippen LogP contribution >= 0.6 is 0 Å². The molecule has 0 aliphatic heterocycles. The van der Waals surface area contributed by atoms with Crippen LogP contribution in [0, 0.1) is 29.6 Å². The topological polar surface area (TPSA) is 161 Å². The molecule has 1 aromatic carbocycles. The van der Waals surface area contributed by atoms with E-state index in [1.807, 2.05) is 13.8 Å². The van der Waals surface area contributed by atoms with Gasteiger partial charge in [-0.25, -0.2) is 0 Å². The van der Waals surface area contributed by atoms with Crippen molar-refractivity contribution in [1.29, 1.82) is 0 Å². The van der Waals surface area contributed by atoms with Gasteiger partial charge in [-0.1, -0.05) is 71.4 Å². The molecule has 0 heterocycles. The zero-order chi connectivity index (χ0) is 35.2. The lowest BCUT2D eigenvalue weighted by molar-refractivity contribution is -0.890. The molecule has 268 valence electrons. The number of unbranched alkanes of at least 4 members (excludes halogenated alkanes) is 5. The molecule has 0 aromatic heterocycles. The highest BCUT2D eigenvalue weighted by molar-refractivity contribution is 7.85. The van der Waals surface area contributed by atoms with E-state index < -0.39 is 39.7 Å². The second kappa shape index (κ2) is 19.5. The van der Waals surface area contributed by atoms with Gasteiger partial charge in [-0.15, -0.1) is 0 Å². The molecule has 4 N–H and O–H groups in total. The first-order valence-corrected chi connectivity index (χ1v) is 19.1. The summed E-state index contributed by atoms with van der Waals surface area (Å²) in [6.07, 6.45) is 11.6. The second-order valence-corrected chi connectivity index (χ2v) is 15.9. The van der Waals surface area contributed by atoms with Gasteiger partial charge in [0, 0.05) is 5.92 Å². The third-order valence-electron chi connectivity index (χ3n) is 10.3. The number of carbonyl (C=O) groups is 3. The van der Waals surface area contributed by atoms with E-state index in [-0.39, 0.29) is 35.0 Å². The van der Waals surface area contributed by atoms with Crippen molar-refractivity contribution < 1.29 is 41.7 Å². The number of esters is 1. The van der Waals surface area contributed by atoms with Crippen LogP contribution in [0.2, 0.25) is 0 Å². The van der Waals surface area contributed by atoms with Crippen molar-refractivity contribution in [3.63, 3.8) is 0 Å². The van der Waals surface area contributed by atoms with Gasteiger partial charge in [-0.2, -0.15) is 8.42 Å². The zero-order valence-corrected chi connectivity index (χ0v) is 30.2. The molecule has 6 unspecified atom stereocenters. The summed E-state index contributed by atoms with van der Waals surface area (Å²) in [5.41, 5.74) is 6.39. The number of carboxylic acid groups (broad SMARTS) is 1. The Morgan fingerprint density at radius 2 is 1.62 bits per heavy atom. The van der Waals surface area contributed by atoms with Gasteiger partial charge in [0.25, 0.3) is 10.1 Å². The van der Waals surface area contributed by atoms with Crippen LogP contribution in [0.5, 0.6) is 0 Å². The van der Waals surface area contributed by atoms with Crippen molar-refractivity contribution in [1.82, 2.24) is 0 Å². The van der Waals surface area contributed by atoms with Gasteiger partial charge in [0.1, 0.15) is 13.2 Å². The highest BCUT2D eigenvalue weighted by atomic mass is 32.2. The molecule has 47 heavy (non-hydrogen) atoms. The maximum atomic E-state index is 13.2. The van der Waals surface area contributed by atoms with E-state index in [0.717, 1.165) is 48.8 Å². The Bertz CT molecular complexity index is 1230. The van der Waals surface area contributed by atoms with Crippen molar-refractivity contribution in [2.45, 2.75) is 115 Å². The Morgan fingerprint density at radius 1 is 0.979 bits per heavy atom. The molecule has 0 saturated heterocycles. The molecule has 11 heteroatoms. The van der Waals surface area contributed by atoms with Crippen molar-refractivity contribution in [3.05, 3.63) is 29.8 Å². The fourth-order valence-corrected chi connectivity index (χ4v) is 7.75. The van der Waals surface area contributed by atoms with Crippen LogP contribution in [0.1, 0.15) is 116 Å². The summed E-state index contributed by atoms with van der Waals surface area (Å²) in [6.45, 7) is 7.96. The summed E-state index contributed by atoms with van der Waals surface area (Å²) < 4.78 is 39.4. The molecule has 1 fully saturated rings. The number of nitrogens with two attached hydrogens (primary N) is 1. The lowest BCUT2D eigenvalue weighted by Gasteiger charge is -2.31. The maximum Gasteiger partial charge on any atom is 0.308 e. The normalized spacial score (nSPS) is 19.5. The SMILES string of the molecule is CCCCCCCC[N+](C)(C)CCOC(=O)C(C)CC(CC1CCCC1C(CC(CC)C(N)=O)C(=O)O)c1ccc(S(=O)(=O)O)cc1. The van der Waals surface area contributed by atoms with Crippen molar-refractivity contribution in [2.75, 3.05) is 33.8 Å². The number of aliphatic carboxylic acids is 1. The van der Waals surface area contributed by atoms with Crippen LogP contribution < -0.4 is 5.73 Å². The van der Waals surface area contributed by atoms with Gasteiger partial charge in [0.15, 0.2) is 0 Å². The molecule has 1 aliphatic rings. The summed E-state index contributed by atoms with van der Waals surface area (Å²) in [7, 11) is -0.0538. The van der Waals surface area contributed by atoms with E-state index in [0.29, 0.717) is 25.9 Å². The number of carbonyl (C=O) groups excluding carboxylic acids is 2. The highest BCUT2D eigenvalue weighted by Gasteiger charge is 2.40. The number of quaternary nitrogens is 1. The van der Waals surface area contributed by atoms with Gasteiger partial charge >= 0.3 is 11.9 Å². The molecule has 0 bridgehead atoms. The van der Waals surface area contributed by atoms with E-state index in [1.165, 1.54) is 44.2 Å². The predicted molar refractivity (Wildman–Crippen MR) is 183 cm³/mol. The van der Waals surface area contributed by atoms with Crippen LogP contribution in [-0.2, 0) is 29.2 Å². The second-order valence-electron chi connectivity index (χ2n) is 14.5. The van der Waals surface area contributed by atoms with Gasteiger partial charge in [0.2, 0.25) is 5.91 Å². The molecule has 1 aromatic rings. The summed E-state index contributed by atoms with van der Waals surface area (Å²) in [5, 5.41) is 10.2. The molecule has 0 spiro atoms. The standard InChI is InChI=1S/C36H60N2O8S/c1-6-8-9-10-11-12-20-38(4,5)21-22-46-36(42)26(3)23-30(28-16-18-31(19-17-28)47(43,44)45)24-29-14-13-15-32(29)33(35(40)41)25-27(7-2)34(37)39/h16-19,26-27,29-30,32-33H,6-15,20-25H2,1-5H3,(H3-,37,39,40,41,43,44,45)/p+1. The number of ether oxygens (including phenoxy) is 1. The van der Waals surface area contributed by atoms with Crippen LogP contribution in [0.3, 0.4) is 0 Å². The highest BCUT2D eigenvalue weighted by Crippen LogP contribution is 2.45. The Hall–Kier alpha value is -2.50. The Kier molecular flexibility index (Phi) is 16.9. The fourth-order valence-electron chi connectivity index (χ4n) is 7.27. The number of likely N-dealkylation sites (N-methyl/N-ethyl adjacent to an activating group) is 1. The first-order valence-electron chi connectivity index (χ1n) is 17.7. The quantitative estimate of drug-likeness (QED) is 0.0515. The third-order valence-corrected chi connectivity index (χ3v) is 11.2. The fraction of sp³-hybridized carbons (Fsp3) is 0.750. The van der Waals surface area contributed by atoms with Crippen molar-refractivity contribution >= 4 is 28.0 Å². The van der Waals surface area contributed by atoms with Gasteiger partial charge in [-0.05, 0) is 80.4 Å². The molecular weight excluding hydrogens is 620 g/mol. The molecule has 1 saturated carbocycles. The number of carboxylic acids is 1. The molecule has 1 aliphatic carbocycles. The van der Waals surface area contributed by atoms with Gasteiger partial charge < -0.3 is 20.1 Å². The number of hydrogen-bond acceptors (Lipinski definition) is 6.